The van der Waals surface area contributed by atoms with Crippen molar-refractivity contribution in [1.82, 2.24) is 14.8 Å². The fourth-order valence-electron chi connectivity index (χ4n) is 5.74. The van der Waals surface area contributed by atoms with Crippen LogP contribution in [0.25, 0.3) is 11.6 Å². The molecule has 3 aliphatic rings. The number of rotatable bonds is 4. The fourth-order valence-corrected chi connectivity index (χ4v) is 7.68. The molecule has 2 N–H and O–H groups in total. The average molecular weight is 625 g/mol. The van der Waals surface area contributed by atoms with E-state index in [4.69, 9.17) is 0 Å². The van der Waals surface area contributed by atoms with Crippen molar-refractivity contribution in [2.45, 2.75) is 25.2 Å². The lowest BCUT2D eigenvalue weighted by Crippen LogP contribution is -2.47. The number of likely N-dealkylation sites (N-methyl/N-ethyl adjacent to an activating group) is 1. The number of benzene rings is 2. The first-order valence-electron chi connectivity index (χ1n) is 13.2. The summed E-state index contributed by atoms with van der Waals surface area (Å²) in [4.78, 5) is 33.9. The molecular weight excluding hydrogens is 594 g/mol. The molecule has 11 heteroatoms. The van der Waals surface area contributed by atoms with Crippen molar-refractivity contribution in [2.75, 3.05) is 49.4 Å². The zero-order valence-electron chi connectivity index (χ0n) is 22.5. The molecule has 208 valence electrons. The molecule has 9 nitrogen and oxygen atoms in total. The van der Waals surface area contributed by atoms with Crippen LogP contribution in [0.5, 0.6) is 0 Å². The van der Waals surface area contributed by atoms with Crippen molar-refractivity contribution < 1.29 is 18.0 Å². The fraction of sp³-hybridized carbons (Fsp3) is 0.310. The summed E-state index contributed by atoms with van der Waals surface area (Å²) in [7, 11) is -1.80. The van der Waals surface area contributed by atoms with E-state index < -0.39 is 10.0 Å². The average Bonchev–Trinajstić information content (AvgIpc) is 3.57. The number of aromatic amines is 1. The number of amides is 2. The van der Waals surface area contributed by atoms with E-state index in [1.807, 2.05) is 44.0 Å². The molecule has 4 heterocycles. The zero-order valence-corrected chi connectivity index (χ0v) is 24.9. The normalized spacial score (nSPS) is 18.3. The third-order valence-corrected chi connectivity index (χ3v) is 10.3. The SMILES string of the molecule is Cc1[nH]c(/C=C2\C(=O)Nc3ccc(S(=O)(=O)N4CCc5cc(Br)ccc54)cc32)c(C)c1C(=O)N1CCN(C)CC1. The van der Waals surface area contributed by atoms with Crippen LogP contribution >= 0.6 is 15.9 Å². The number of aryl methyl sites for hydroxylation is 1. The molecular formula is C29H30BrN5O4S. The van der Waals surface area contributed by atoms with E-state index in [2.05, 4.69) is 31.1 Å². The van der Waals surface area contributed by atoms with Crippen LogP contribution in [0.3, 0.4) is 0 Å². The van der Waals surface area contributed by atoms with Gasteiger partial charge < -0.3 is 20.1 Å². The molecule has 0 aliphatic carbocycles. The Bertz CT molecular complexity index is 1700. The van der Waals surface area contributed by atoms with E-state index >= 15 is 0 Å². The highest BCUT2D eigenvalue weighted by Crippen LogP contribution is 2.39. The van der Waals surface area contributed by atoms with Gasteiger partial charge in [-0.1, -0.05) is 15.9 Å². The second-order valence-corrected chi connectivity index (χ2v) is 13.4. The van der Waals surface area contributed by atoms with Gasteiger partial charge in [0.05, 0.1) is 21.7 Å². The van der Waals surface area contributed by atoms with Crippen LogP contribution in [-0.4, -0.2) is 74.8 Å². The molecule has 0 spiro atoms. The lowest BCUT2D eigenvalue weighted by atomic mass is 10.0. The summed E-state index contributed by atoms with van der Waals surface area (Å²) in [6.45, 7) is 7.08. The molecule has 0 unspecified atom stereocenters. The van der Waals surface area contributed by atoms with Gasteiger partial charge in [0, 0.05) is 59.8 Å². The van der Waals surface area contributed by atoms with Gasteiger partial charge in [0.25, 0.3) is 21.8 Å². The van der Waals surface area contributed by atoms with E-state index in [1.54, 1.807) is 18.2 Å². The van der Waals surface area contributed by atoms with Crippen LogP contribution in [-0.2, 0) is 21.2 Å². The third kappa shape index (κ3) is 4.46. The van der Waals surface area contributed by atoms with Crippen LogP contribution in [0.15, 0.2) is 45.8 Å². The van der Waals surface area contributed by atoms with Gasteiger partial charge in [-0.2, -0.15) is 0 Å². The molecule has 3 aromatic rings. The van der Waals surface area contributed by atoms with Gasteiger partial charge in [-0.25, -0.2) is 8.42 Å². The first-order valence-corrected chi connectivity index (χ1v) is 15.4. The Morgan fingerprint density at radius 2 is 1.77 bits per heavy atom. The first kappa shape index (κ1) is 26.8. The van der Waals surface area contributed by atoms with Crippen molar-refractivity contribution in [3.8, 4) is 0 Å². The second-order valence-electron chi connectivity index (χ2n) is 10.6. The first-order chi connectivity index (χ1) is 19.0. The lowest BCUT2D eigenvalue weighted by Gasteiger charge is -2.32. The highest BCUT2D eigenvalue weighted by atomic mass is 79.9. The molecule has 40 heavy (non-hydrogen) atoms. The number of carbonyl (C=O) groups excluding carboxylic acids is 2. The highest BCUT2D eigenvalue weighted by Gasteiger charge is 2.34. The Labute approximate surface area is 242 Å². The number of anilines is 2. The van der Waals surface area contributed by atoms with Crippen molar-refractivity contribution in [3.05, 3.63) is 74.5 Å². The number of sulfonamides is 1. The number of halogens is 1. The van der Waals surface area contributed by atoms with Gasteiger partial charge >= 0.3 is 0 Å². The Balaban J connectivity index is 1.34. The molecule has 0 atom stereocenters. The van der Waals surface area contributed by atoms with E-state index in [9.17, 15) is 18.0 Å². The Kier molecular flexibility index (Phi) is 6.63. The van der Waals surface area contributed by atoms with Crippen molar-refractivity contribution in [3.63, 3.8) is 0 Å². The second kappa shape index (κ2) is 9.90. The molecule has 6 rings (SSSR count). The van der Waals surface area contributed by atoms with Gasteiger partial charge in [-0.05, 0) is 80.9 Å². The molecule has 0 bridgehead atoms. The van der Waals surface area contributed by atoms with Crippen molar-refractivity contribution >= 4 is 60.8 Å². The number of aromatic nitrogens is 1. The maximum Gasteiger partial charge on any atom is 0.264 e. The molecule has 0 radical (unpaired) electrons. The molecule has 1 fully saturated rings. The topological polar surface area (TPSA) is 106 Å². The molecule has 0 saturated carbocycles. The number of carbonyl (C=O) groups is 2. The molecule has 2 aromatic carbocycles. The summed E-state index contributed by atoms with van der Waals surface area (Å²) in [5, 5.41) is 2.84. The van der Waals surface area contributed by atoms with E-state index in [0.29, 0.717) is 59.8 Å². The van der Waals surface area contributed by atoms with E-state index in [1.165, 1.54) is 10.4 Å². The minimum Gasteiger partial charge on any atom is -0.358 e. The lowest BCUT2D eigenvalue weighted by molar-refractivity contribution is -0.110. The van der Waals surface area contributed by atoms with E-state index in [0.717, 1.165) is 34.4 Å². The summed E-state index contributed by atoms with van der Waals surface area (Å²) in [5.74, 6) is -0.342. The number of H-pyrrole nitrogens is 1. The maximum atomic E-state index is 13.7. The third-order valence-electron chi connectivity index (χ3n) is 8.03. The monoisotopic (exact) mass is 623 g/mol. The summed E-state index contributed by atoms with van der Waals surface area (Å²) in [6, 6.07) is 10.3. The minimum atomic E-state index is -3.85. The van der Waals surface area contributed by atoms with Crippen LogP contribution < -0.4 is 9.62 Å². The van der Waals surface area contributed by atoms with E-state index in [-0.39, 0.29) is 16.7 Å². The Morgan fingerprint density at radius 3 is 2.52 bits per heavy atom. The van der Waals surface area contributed by atoms with Gasteiger partial charge in [0.15, 0.2) is 0 Å². The predicted molar refractivity (Wildman–Crippen MR) is 159 cm³/mol. The van der Waals surface area contributed by atoms with Gasteiger partial charge in [0.2, 0.25) is 0 Å². The van der Waals surface area contributed by atoms with Crippen molar-refractivity contribution in [1.29, 1.82) is 0 Å². The van der Waals surface area contributed by atoms with Crippen molar-refractivity contribution in [2.24, 2.45) is 0 Å². The Morgan fingerprint density at radius 1 is 1.02 bits per heavy atom. The smallest absolute Gasteiger partial charge is 0.264 e. The Hall–Kier alpha value is -3.41. The van der Waals surface area contributed by atoms with Crippen LogP contribution in [0, 0.1) is 13.8 Å². The molecule has 1 aromatic heterocycles. The summed E-state index contributed by atoms with van der Waals surface area (Å²) < 4.78 is 29.8. The number of fused-ring (bicyclic) bond motifs is 2. The number of hydrogen-bond donors (Lipinski definition) is 2. The summed E-state index contributed by atoms with van der Waals surface area (Å²) in [6.07, 6.45) is 2.34. The predicted octanol–water partition coefficient (Wildman–Crippen LogP) is 4.03. The van der Waals surface area contributed by atoms with Gasteiger partial charge in [-0.3, -0.25) is 13.9 Å². The summed E-state index contributed by atoms with van der Waals surface area (Å²) in [5.41, 5.74) is 5.82. The van der Waals surface area contributed by atoms with Crippen LogP contribution in [0.1, 0.15) is 38.4 Å². The zero-order chi connectivity index (χ0) is 28.3. The quantitative estimate of drug-likeness (QED) is 0.427. The van der Waals surface area contributed by atoms with Crippen LogP contribution in [0.2, 0.25) is 0 Å². The number of piperazine rings is 1. The maximum absolute atomic E-state index is 13.7. The van der Waals surface area contributed by atoms with Crippen LogP contribution in [0.4, 0.5) is 11.4 Å². The van der Waals surface area contributed by atoms with Gasteiger partial charge in [0.1, 0.15) is 0 Å². The highest BCUT2D eigenvalue weighted by molar-refractivity contribution is 9.10. The number of nitrogens with one attached hydrogen (secondary N) is 2. The molecule has 3 aliphatic heterocycles. The minimum absolute atomic E-state index is 0.0217. The standard InChI is InChI=1S/C29H30BrN5O4S/c1-17-25(31-18(2)27(17)29(37)34-12-10-33(3)11-13-34)16-23-22-15-21(5-6-24(22)32-28(23)36)40(38,39)35-9-8-19-14-20(30)4-7-26(19)35/h4-7,14-16,31H,8-13H2,1-3H3,(H,32,36)/b23-16-. The largest absolute Gasteiger partial charge is 0.358 e. The molecule has 1 saturated heterocycles. The summed E-state index contributed by atoms with van der Waals surface area (Å²) >= 11 is 3.46. The number of nitrogens with zero attached hydrogens (tertiary/aromatic N) is 3. The van der Waals surface area contributed by atoms with Gasteiger partial charge in [-0.15, -0.1) is 0 Å². The molecule has 2 amide bonds. The number of hydrogen-bond acceptors (Lipinski definition) is 5.